The smallest absolute Gasteiger partial charge is 0.319 e. The molecule has 32 heavy (non-hydrogen) atoms. The molecule has 0 aliphatic carbocycles. The van der Waals surface area contributed by atoms with Crippen molar-refractivity contribution < 1.29 is 13.2 Å². The zero-order valence-corrected chi connectivity index (χ0v) is 19.6. The van der Waals surface area contributed by atoms with Gasteiger partial charge in [0.2, 0.25) is 0 Å². The van der Waals surface area contributed by atoms with Crippen molar-refractivity contribution in [1.82, 2.24) is 5.32 Å². The predicted molar refractivity (Wildman–Crippen MR) is 129 cm³/mol. The quantitative estimate of drug-likeness (QED) is 0.416. The lowest BCUT2D eigenvalue weighted by Gasteiger charge is -2.17. The molecule has 0 radical (unpaired) electrons. The molecule has 168 valence electrons. The Morgan fingerprint density at radius 3 is 2.22 bits per heavy atom. The molecule has 2 amide bonds. The molecular weight excluding hydrogens is 469 g/mol. The molecule has 3 aromatic rings. The average molecular weight is 492 g/mol. The molecule has 0 saturated carbocycles. The highest BCUT2D eigenvalue weighted by Gasteiger charge is 2.17. The number of hydrogen-bond donors (Lipinski definition) is 3. The van der Waals surface area contributed by atoms with Crippen molar-refractivity contribution in [3.63, 3.8) is 0 Å². The second-order valence-electron chi connectivity index (χ2n) is 7.27. The molecule has 3 aromatic carbocycles. The molecule has 0 saturated heterocycles. The van der Waals surface area contributed by atoms with Crippen molar-refractivity contribution in [2.24, 2.45) is 5.73 Å². The second kappa shape index (κ2) is 10.4. The fourth-order valence-electron chi connectivity index (χ4n) is 3.12. The monoisotopic (exact) mass is 491 g/mol. The van der Waals surface area contributed by atoms with E-state index >= 15 is 0 Å². The largest absolute Gasteiger partial charge is 0.331 e. The zero-order chi connectivity index (χ0) is 23.3. The van der Waals surface area contributed by atoms with Crippen molar-refractivity contribution in [1.29, 1.82) is 0 Å². The van der Waals surface area contributed by atoms with Gasteiger partial charge in [0.05, 0.1) is 26.7 Å². The number of nitrogens with two attached hydrogens (primary N) is 1. The van der Waals surface area contributed by atoms with Crippen LogP contribution in [-0.2, 0) is 22.1 Å². The molecule has 1 atom stereocenters. The van der Waals surface area contributed by atoms with Gasteiger partial charge >= 0.3 is 6.03 Å². The van der Waals surface area contributed by atoms with Crippen LogP contribution < -0.4 is 16.4 Å². The lowest BCUT2D eigenvalue weighted by Crippen LogP contribution is -2.31. The van der Waals surface area contributed by atoms with Crippen LogP contribution in [0.15, 0.2) is 71.6 Å². The van der Waals surface area contributed by atoms with Crippen LogP contribution in [0, 0.1) is 0 Å². The van der Waals surface area contributed by atoms with Gasteiger partial charge in [-0.3, -0.25) is 0 Å². The highest BCUT2D eigenvalue weighted by atomic mass is 35.5. The summed E-state index contributed by atoms with van der Waals surface area (Å²) in [6.45, 7) is 2.19. The number of anilines is 1. The summed E-state index contributed by atoms with van der Waals surface area (Å²) < 4.78 is 25.4. The molecule has 0 heterocycles. The normalized spacial score (nSPS) is 12.2. The van der Waals surface area contributed by atoms with Crippen molar-refractivity contribution in [2.75, 3.05) is 5.32 Å². The Morgan fingerprint density at radius 1 is 0.969 bits per heavy atom. The number of nitrogens with one attached hydrogen (secondary N) is 2. The molecule has 9 heteroatoms. The van der Waals surface area contributed by atoms with Crippen LogP contribution in [0.3, 0.4) is 0 Å². The first kappa shape index (κ1) is 24.1. The zero-order valence-electron chi connectivity index (χ0n) is 17.3. The van der Waals surface area contributed by atoms with Gasteiger partial charge in [0.1, 0.15) is 0 Å². The van der Waals surface area contributed by atoms with Gasteiger partial charge in [-0.15, -0.1) is 0 Å². The molecule has 0 aliphatic heterocycles. The number of hydrogen-bond acceptors (Lipinski definition) is 4. The minimum absolute atomic E-state index is 0.122. The second-order valence-corrected chi connectivity index (χ2v) is 10.0. The molecule has 6 nitrogen and oxygen atoms in total. The van der Waals surface area contributed by atoms with Gasteiger partial charge < -0.3 is 16.4 Å². The Bertz CT molecular complexity index is 1200. The van der Waals surface area contributed by atoms with E-state index in [0.29, 0.717) is 33.4 Å². The maximum atomic E-state index is 12.7. The van der Waals surface area contributed by atoms with E-state index in [0.717, 1.165) is 5.56 Å². The SMILES string of the molecule is C[C@H](NC(=O)Nc1ccc(S(=O)(=O)Cc2ccc(CN)cc2)cc1)c1cccc(Cl)c1Cl. The summed E-state index contributed by atoms with van der Waals surface area (Å²) in [5.41, 5.74) is 8.33. The Balaban J connectivity index is 1.63. The van der Waals surface area contributed by atoms with E-state index < -0.39 is 15.9 Å². The topological polar surface area (TPSA) is 101 Å². The van der Waals surface area contributed by atoms with Crippen molar-refractivity contribution in [2.45, 2.75) is 30.2 Å². The summed E-state index contributed by atoms with van der Waals surface area (Å²) in [4.78, 5) is 12.5. The lowest BCUT2D eigenvalue weighted by molar-refractivity contribution is 0.249. The van der Waals surface area contributed by atoms with Crippen molar-refractivity contribution in [3.05, 3.63) is 93.5 Å². The first-order chi connectivity index (χ1) is 15.2. The number of benzene rings is 3. The van der Waals surface area contributed by atoms with Crippen LogP contribution in [0.25, 0.3) is 0 Å². The molecule has 0 fully saturated rings. The standard InChI is InChI=1S/C23H23Cl2N3O3S/c1-15(20-3-2-4-21(24)22(20)25)27-23(29)28-18-9-11-19(12-10-18)32(30,31)14-17-7-5-16(13-26)6-8-17/h2-12,15H,13-14,26H2,1H3,(H2,27,28,29)/t15-/m0/s1. The van der Waals surface area contributed by atoms with Crippen LogP contribution >= 0.6 is 23.2 Å². The van der Waals surface area contributed by atoms with Gasteiger partial charge in [-0.2, -0.15) is 0 Å². The van der Waals surface area contributed by atoms with E-state index in [1.54, 1.807) is 49.4 Å². The summed E-state index contributed by atoms with van der Waals surface area (Å²) in [6, 6.07) is 17.5. The van der Waals surface area contributed by atoms with E-state index in [9.17, 15) is 13.2 Å². The molecule has 0 unspecified atom stereocenters. The number of amides is 2. The summed E-state index contributed by atoms with van der Waals surface area (Å²) >= 11 is 12.2. The summed E-state index contributed by atoms with van der Waals surface area (Å²) in [5, 5.41) is 6.26. The third-order valence-electron chi connectivity index (χ3n) is 4.88. The van der Waals surface area contributed by atoms with Crippen LogP contribution in [0.4, 0.5) is 10.5 Å². The van der Waals surface area contributed by atoms with Crippen molar-refractivity contribution in [3.8, 4) is 0 Å². The van der Waals surface area contributed by atoms with E-state index in [-0.39, 0.29) is 16.7 Å². The van der Waals surface area contributed by atoms with Crippen LogP contribution in [0.1, 0.15) is 29.7 Å². The molecule has 0 aromatic heterocycles. The van der Waals surface area contributed by atoms with Gasteiger partial charge in [0, 0.05) is 12.2 Å². The van der Waals surface area contributed by atoms with Gasteiger partial charge in [-0.1, -0.05) is 59.6 Å². The number of sulfone groups is 1. The van der Waals surface area contributed by atoms with Crippen LogP contribution in [-0.4, -0.2) is 14.4 Å². The molecule has 4 N–H and O–H groups in total. The maximum Gasteiger partial charge on any atom is 0.319 e. The van der Waals surface area contributed by atoms with Crippen LogP contribution in [0.5, 0.6) is 0 Å². The molecule has 0 spiro atoms. The number of carbonyl (C=O) groups excluding carboxylic acids is 1. The highest BCUT2D eigenvalue weighted by molar-refractivity contribution is 7.90. The Labute approximate surface area is 197 Å². The molecule has 3 rings (SSSR count). The first-order valence-corrected chi connectivity index (χ1v) is 12.2. The minimum atomic E-state index is -3.53. The van der Waals surface area contributed by atoms with E-state index in [1.807, 2.05) is 12.1 Å². The van der Waals surface area contributed by atoms with Gasteiger partial charge in [0.15, 0.2) is 9.84 Å². The minimum Gasteiger partial charge on any atom is -0.331 e. The number of carbonyl (C=O) groups is 1. The molecule has 0 aliphatic rings. The van der Waals surface area contributed by atoms with Gasteiger partial charge in [0.25, 0.3) is 0 Å². The molecule has 0 bridgehead atoms. The van der Waals surface area contributed by atoms with Gasteiger partial charge in [-0.25, -0.2) is 13.2 Å². The van der Waals surface area contributed by atoms with Crippen molar-refractivity contribution >= 4 is 44.8 Å². The Kier molecular flexibility index (Phi) is 7.79. The van der Waals surface area contributed by atoms with Crippen LogP contribution in [0.2, 0.25) is 10.0 Å². The van der Waals surface area contributed by atoms with E-state index in [4.69, 9.17) is 28.9 Å². The number of rotatable bonds is 7. The number of halogens is 2. The fourth-order valence-corrected chi connectivity index (χ4v) is 4.94. The third kappa shape index (κ3) is 6.01. The summed E-state index contributed by atoms with van der Waals surface area (Å²) in [6.07, 6.45) is 0. The summed E-state index contributed by atoms with van der Waals surface area (Å²) in [5.74, 6) is -0.122. The fraction of sp³-hybridized carbons (Fsp3) is 0.174. The lowest BCUT2D eigenvalue weighted by atomic mass is 10.1. The number of urea groups is 1. The third-order valence-corrected chi connectivity index (χ3v) is 7.42. The maximum absolute atomic E-state index is 12.7. The Morgan fingerprint density at radius 2 is 1.59 bits per heavy atom. The van der Waals surface area contributed by atoms with E-state index in [1.165, 1.54) is 12.1 Å². The average Bonchev–Trinajstić information content (AvgIpc) is 2.76. The Hall–Kier alpha value is -2.58. The van der Waals surface area contributed by atoms with Gasteiger partial charge in [-0.05, 0) is 53.9 Å². The summed E-state index contributed by atoms with van der Waals surface area (Å²) in [7, 11) is -3.53. The molecular formula is C23H23Cl2N3O3S. The van der Waals surface area contributed by atoms with E-state index in [2.05, 4.69) is 10.6 Å². The highest BCUT2D eigenvalue weighted by Crippen LogP contribution is 2.29. The first-order valence-electron chi connectivity index (χ1n) is 9.82. The predicted octanol–water partition coefficient (Wildman–Crippen LogP) is 5.31.